The summed E-state index contributed by atoms with van der Waals surface area (Å²) in [7, 11) is 1.45. The number of thiophene rings is 1. The number of esters is 1. The lowest BCUT2D eigenvalue weighted by molar-refractivity contribution is 0.0601. The van der Waals surface area contributed by atoms with Crippen molar-refractivity contribution < 1.29 is 9.53 Å². The number of piperazine rings is 1. The van der Waals surface area contributed by atoms with E-state index in [9.17, 15) is 4.79 Å². The lowest BCUT2D eigenvalue weighted by atomic mass is 9.88. The third-order valence-corrected chi connectivity index (χ3v) is 7.34. The molecule has 0 radical (unpaired) electrons. The summed E-state index contributed by atoms with van der Waals surface area (Å²) in [4.78, 5) is 18.4. The lowest BCUT2D eigenvalue weighted by Crippen LogP contribution is -2.50. The fourth-order valence-corrected chi connectivity index (χ4v) is 5.89. The molecule has 29 heavy (non-hydrogen) atoms. The van der Waals surface area contributed by atoms with Gasteiger partial charge in [-0.3, -0.25) is 0 Å². The Bertz CT molecular complexity index is 889. The predicted molar refractivity (Wildman–Crippen MR) is 123 cm³/mol. The highest BCUT2D eigenvalue weighted by atomic mass is 32.1. The zero-order chi connectivity index (χ0) is 20.4. The molecular formula is C22H27N3O2S2. The quantitative estimate of drug-likeness (QED) is 0.583. The third-order valence-electron chi connectivity index (χ3n) is 5.81. The van der Waals surface area contributed by atoms with E-state index in [1.54, 1.807) is 11.3 Å². The molecule has 1 N–H and O–H groups in total. The zero-order valence-corrected chi connectivity index (χ0v) is 18.6. The highest BCUT2D eigenvalue weighted by Crippen LogP contribution is 2.40. The number of fused-ring (bicyclic) bond motifs is 1. The first-order chi connectivity index (χ1) is 14.1. The monoisotopic (exact) mass is 429 g/mol. The van der Waals surface area contributed by atoms with Crippen molar-refractivity contribution in [3.8, 4) is 0 Å². The number of rotatable bonds is 3. The van der Waals surface area contributed by atoms with E-state index in [1.807, 2.05) is 6.07 Å². The van der Waals surface area contributed by atoms with E-state index in [0.717, 1.165) is 56.0 Å². The molecule has 1 aliphatic carbocycles. The van der Waals surface area contributed by atoms with Gasteiger partial charge in [-0.15, -0.1) is 11.3 Å². The minimum atomic E-state index is -0.267. The van der Waals surface area contributed by atoms with Gasteiger partial charge in [-0.1, -0.05) is 25.1 Å². The second kappa shape index (κ2) is 8.71. The second-order valence-corrected chi connectivity index (χ2v) is 9.28. The van der Waals surface area contributed by atoms with Crippen LogP contribution < -0.4 is 10.2 Å². The second-order valence-electron chi connectivity index (χ2n) is 7.79. The first-order valence-electron chi connectivity index (χ1n) is 10.2. The van der Waals surface area contributed by atoms with Gasteiger partial charge in [-0.25, -0.2) is 4.79 Å². The van der Waals surface area contributed by atoms with Gasteiger partial charge in [0.25, 0.3) is 0 Å². The van der Waals surface area contributed by atoms with E-state index in [-0.39, 0.29) is 5.97 Å². The minimum Gasteiger partial charge on any atom is -0.465 e. The van der Waals surface area contributed by atoms with Crippen molar-refractivity contribution in [2.75, 3.05) is 43.5 Å². The summed E-state index contributed by atoms with van der Waals surface area (Å²) in [5, 5.41) is 4.91. The first kappa shape index (κ1) is 20.2. The van der Waals surface area contributed by atoms with E-state index in [2.05, 4.69) is 46.3 Å². The number of thiocarbonyl (C=S) groups is 1. The molecule has 1 aliphatic heterocycles. The molecule has 1 saturated heterocycles. The number of para-hydroxylation sites is 1. The van der Waals surface area contributed by atoms with Gasteiger partial charge < -0.3 is 19.9 Å². The molecule has 1 aromatic heterocycles. The van der Waals surface area contributed by atoms with Crippen molar-refractivity contribution in [3.05, 3.63) is 46.3 Å². The van der Waals surface area contributed by atoms with Crippen LogP contribution >= 0.6 is 23.6 Å². The highest BCUT2D eigenvalue weighted by molar-refractivity contribution is 7.80. The highest BCUT2D eigenvalue weighted by Gasteiger charge is 2.29. The van der Waals surface area contributed by atoms with Gasteiger partial charge in [0, 0.05) is 36.7 Å². The van der Waals surface area contributed by atoms with Gasteiger partial charge in [0.1, 0.15) is 5.00 Å². The molecule has 154 valence electrons. The third kappa shape index (κ3) is 4.26. The summed E-state index contributed by atoms with van der Waals surface area (Å²) < 4.78 is 5.08. The summed E-state index contributed by atoms with van der Waals surface area (Å²) in [5.74, 6) is 0.383. The number of nitrogens with zero attached hydrogens (tertiary/aromatic N) is 2. The average molecular weight is 430 g/mol. The number of carbonyl (C=O) groups excluding carboxylic acids is 1. The Kier molecular flexibility index (Phi) is 6.06. The number of hydrogen-bond donors (Lipinski definition) is 1. The van der Waals surface area contributed by atoms with Crippen molar-refractivity contribution in [2.45, 2.75) is 26.2 Å². The van der Waals surface area contributed by atoms with Crippen LogP contribution in [0.5, 0.6) is 0 Å². The van der Waals surface area contributed by atoms with E-state index < -0.39 is 0 Å². The molecule has 0 saturated carbocycles. The van der Waals surface area contributed by atoms with Crippen molar-refractivity contribution in [1.29, 1.82) is 0 Å². The molecule has 1 atom stereocenters. The number of nitrogens with one attached hydrogen (secondary N) is 1. The van der Waals surface area contributed by atoms with Gasteiger partial charge in [0.2, 0.25) is 0 Å². The van der Waals surface area contributed by atoms with Crippen LogP contribution in [0.15, 0.2) is 30.3 Å². The molecule has 1 fully saturated rings. The Morgan fingerprint density at radius 2 is 1.93 bits per heavy atom. The topological polar surface area (TPSA) is 44.8 Å². The van der Waals surface area contributed by atoms with Crippen molar-refractivity contribution in [1.82, 2.24) is 4.90 Å². The van der Waals surface area contributed by atoms with Crippen LogP contribution in [0.4, 0.5) is 10.7 Å². The van der Waals surface area contributed by atoms with E-state index in [0.29, 0.717) is 16.6 Å². The van der Waals surface area contributed by atoms with E-state index in [1.165, 1.54) is 17.7 Å². The maximum Gasteiger partial charge on any atom is 0.341 e. The number of benzene rings is 1. The van der Waals surface area contributed by atoms with Gasteiger partial charge in [0.15, 0.2) is 5.11 Å². The average Bonchev–Trinajstić information content (AvgIpc) is 3.10. The summed E-state index contributed by atoms with van der Waals surface area (Å²) in [6, 6.07) is 10.5. The molecule has 0 amide bonds. The maximum atomic E-state index is 12.5. The molecule has 0 bridgehead atoms. The molecule has 4 rings (SSSR count). The largest absolute Gasteiger partial charge is 0.465 e. The number of anilines is 2. The molecule has 2 heterocycles. The molecule has 5 nitrogen and oxygen atoms in total. The van der Waals surface area contributed by atoms with Gasteiger partial charge in [-0.2, -0.15) is 0 Å². The first-order valence-corrected chi connectivity index (χ1v) is 11.4. The van der Waals surface area contributed by atoms with Crippen molar-refractivity contribution >= 4 is 45.3 Å². The number of hydrogen-bond acceptors (Lipinski definition) is 5. The Labute approximate surface area is 181 Å². The minimum absolute atomic E-state index is 0.267. The molecule has 2 aliphatic rings. The van der Waals surface area contributed by atoms with Gasteiger partial charge in [0.05, 0.1) is 12.7 Å². The van der Waals surface area contributed by atoms with Gasteiger partial charge >= 0.3 is 5.97 Å². The fourth-order valence-electron chi connectivity index (χ4n) is 4.14. The summed E-state index contributed by atoms with van der Waals surface area (Å²) in [5.41, 5.74) is 3.09. The summed E-state index contributed by atoms with van der Waals surface area (Å²) in [6.07, 6.45) is 3.06. The molecule has 7 heteroatoms. The molecular weight excluding hydrogens is 402 g/mol. The molecule has 0 spiro atoms. The van der Waals surface area contributed by atoms with Crippen LogP contribution in [-0.4, -0.2) is 49.3 Å². The van der Waals surface area contributed by atoms with Crippen LogP contribution in [0.25, 0.3) is 0 Å². The zero-order valence-electron chi connectivity index (χ0n) is 16.9. The normalized spacial score (nSPS) is 18.9. The number of ether oxygens (including phenoxy) is 1. The van der Waals surface area contributed by atoms with E-state index in [4.69, 9.17) is 17.0 Å². The van der Waals surface area contributed by atoms with Crippen LogP contribution in [0.3, 0.4) is 0 Å². The molecule has 1 unspecified atom stereocenters. The molecule has 1 aromatic carbocycles. The van der Waals surface area contributed by atoms with Crippen molar-refractivity contribution in [2.24, 2.45) is 5.92 Å². The van der Waals surface area contributed by atoms with Crippen LogP contribution in [0.1, 0.15) is 34.1 Å². The van der Waals surface area contributed by atoms with E-state index >= 15 is 0 Å². The standard InChI is InChI=1S/C22H27N3O2S2/c1-15-8-9-17-18(14-15)29-20(19(17)21(26)27-2)23-22(28)25-12-10-24(11-13-25)16-6-4-3-5-7-16/h3-7,15H,8-14H2,1-2H3,(H,23,28). The van der Waals surface area contributed by atoms with Crippen LogP contribution in [0.2, 0.25) is 0 Å². The van der Waals surface area contributed by atoms with Crippen LogP contribution in [0, 0.1) is 5.92 Å². The van der Waals surface area contributed by atoms with Crippen molar-refractivity contribution in [3.63, 3.8) is 0 Å². The Hall–Kier alpha value is -2.12. The summed E-state index contributed by atoms with van der Waals surface area (Å²) in [6.45, 7) is 5.83. The Morgan fingerprint density at radius 3 is 2.62 bits per heavy atom. The smallest absolute Gasteiger partial charge is 0.341 e. The SMILES string of the molecule is COC(=O)c1c(NC(=S)N2CCN(c3ccccc3)CC2)sc2c1CCC(C)C2. The fraction of sp³-hybridized carbons (Fsp3) is 0.455. The predicted octanol–water partition coefficient (Wildman–Crippen LogP) is 4.18. The summed E-state index contributed by atoms with van der Waals surface area (Å²) >= 11 is 7.37. The molecule has 2 aromatic rings. The number of carbonyl (C=O) groups is 1. The maximum absolute atomic E-state index is 12.5. The lowest BCUT2D eigenvalue weighted by Gasteiger charge is -2.37. The van der Waals surface area contributed by atoms with Crippen LogP contribution in [-0.2, 0) is 17.6 Å². The number of methoxy groups -OCH3 is 1. The Morgan fingerprint density at radius 1 is 1.21 bits per heavy atom. The van der Waals surface area contributed by atoms with Gasteiger partial charge in [-0.05, 0) is 55.1 Å². The Balaban J connectivity index is 1.45.